The van der Waals surface area contributed by atoms with E-state index >= 15 is 0 Å². The maximum absolute atomic E-state index is 2.38. The van der Waals surface area contributed by atoms with Crippen LogP contribution in [0.3, 0.4) is 0 Å². The van der Waals surface area contributed by atoms with Crippen molar-refractivity contribution in [2.75, 3.05) is 0 Å². The number of hydrogen-bond donors (Lipinski definition) is 0. The first-order valence-electron chi connectivity index (χ1n) is 11.9. The van der Waals surface area contributed by atoms with Crippen LogP contribution in [0.2, 0.25) is 0 Å². The molecule has 0 aromatic heterocycles. The molecule has 0 spiro atoms. The summed E-state index contributed by atoms with van der Waals surface area (Å²) in [6.07, 6.45) is 25.2. The van der Waals surface area contributed by atoms with Crippen LogP contribution < -0.4 is 0 Å². The van der Waals surface area contributed by atoms with E-state index in [1.165, 1.54) is 127 Å². The summed E-state index contributed by atoms with van der Waals surface area (Å²) in [6, 6.07) is 9.51. The van der Waals surface area contributed by atoms with Crippen molar-refractivity contribution in [2.45, 2.75) is 129 Å². The zero-order valence-corrected chi connectivity index (χ0v) is 18.0. The molecule has 0 heterocycles. The predicted molar refractivity (Wildman–Crippen MR) is 126 cm³/mol. The van der Waals surface area contributed by atoms with Gasteiger partial charge in [-0.1, -0.05) is 128 Å². The van der Waals surface area contributed by atoms with Crippen LogP contribution in [0.25, 0.3) is 0 Å². The Hall–Kier alpha value is 0.220. The minimum atomic E-state index is 0. The number of benzene rings is 1. The van der Waals surface area contributed by atoms with E-state index in [1.807, 2.05) is 0 Å². The first-order chi connectivity index (χ1) is 12.9. The van der Waals surface area contributed by atoms with Gasteiger partial charge in [0.25, 0.3) is 0 Å². The monoisotopic (exact) mass is 382 g/mol. The molecular formula is C26H47Na. The summed E-state index contributed by atoms with van der Waals surface area (Å²) in [5.41, 5.74) is 3.08. The van der Waals surface area contributed by atoms with Crippen molar-refractivity contribution >= 4 is 29.6 Å². The Bertz CT molecular complexity index is 356. The minimum absolute atomic E-state index is 0. The normalized spacial score (nSPS) is 10.7. The summed E-state index contributed by atoms with van der Waals surface area (Å²) in [7, 11) is 0. The third-order valence-electron chi connectivity index (χ3n) is 5.66. The van der Waals surface area contributed by atoms with Gasteiger partial charge in [-0.3, -0.25) is 0 Å². The van der Waals surface area contributed by atoms with E-state index in [0.29, 0.717) is 0 Å². The van der Waals surface area contributed by atoms with Crippen LogP contribution >= 0.6 is 0 Å². The van der Waals surface area contributed by atoms with Gasteiger partial charge in [-0.2, -0.15) is 0 Å². The Morgan fingerprint density at radius 2 is 0.667 bits per heavy atom. The Morgan fingerprint density at radius 1 is 0.407 bits per heavy atom. The number of unbranched alkanes of at least 4 members (excludes halogenated alkanes) is 14. The molecule has 1 heteroatoms. The molecule has 1 aromatic rings. The Kier molecular flexibility index (Phi) is 21.1. The van der Waals surface area contributed by atoms with Gasteiger partial charge in [-0.05, 0) is 36.8 Å². The van der Waals surface area contributed by atoms with Crippen LogP contribution in [0, 0.1) is 0 Å². The summed E-state index contributed by atoms with van der Waals surface area (Å²) < 4.78 is 0. The molecule has 0 nitrogen and oxygen atoms in total. The molecule has 0 amide bonds. The molecule has 27 heavy (non-hydrogen) atoms. The van der Waals surface area contributed by atoms with Gasteiger partial charge in [0.15, 0.2) is 0 Å². The molecule has 0 atom stereocenters. The van der Waals surface area contributed by atoms with Crippen molar-refractivity contribution in [1.82, 2.24) is 0 Å². The van der Waals surface area contributed by atoms with Crippen molar-refractivity contribution < 1.29 is 0 Å². The Labute approximate surface area is 193 Å². The van der Waals surface area contributed by atoms with Crippen molar-refractivity contribution in [1.29, 1.82) is 0 Å². The molecule has 0 bridgehead atoms. The molecule has 1 rings (SSSR count). The fourth-order valence-corrected chi connectivity index (χ4v) is 3.80. The van der Waals surface area contributed by atoms with Crippen LogP contribution in [0.15, 0.2) is 24.3 Å². The second-order valence-corrected chi connectivity index (χ2v) is 8.27. The van der Waals surface area contributed by atoms with E-state index < -0.39 is 0 Å². The Morgan fingerprint density at radius 3 is 0.963 bits per heavy atom. The van der Waals surface area contributed by atoms with Gasteiger partial charge < -0.3 is 0 Å². The summed E-state index contributed by atoms with van der Waals surface area (Å²) in [5.74, 6) is 0. The second-order valence-electron chi connectivity index (χ2n) is 8.27. The third-order valence-corrected chi connectivity index (χ3v) is 5.66. The van der Waals surface area contributed by atoms with Gasteiger partial charge >= 0.3 is 29.6 Å². The van der Waals surface area contributed by atoms with Gasteiger partial charge in [0, 0.05) is 0 Å². The van der Waals surface area contributed by atoms with Crippen LogP contribution in [0.4, 0.5) is 0 Å². The SMILES string of the molecule is CCCCCCCCCCc1ccc(CCCCCCCCCC)cc1.[NaH]. The first-order valence-corrected chi connectivity index (χ1v) is 11.9. The standard InChI is InChI=1S/C26H46.Na.H/c1-3-5-7-9-11-13-15-17-19-25-21-23-26(24-22-25)20-18-16-14-12-10-8-6-4-2;;/h21-24H,3-20H2,1-2H3;;. The van der Waals surface area contributed by atoms with Gasteiger partial charge in [-0.15, -0.1) is 0 Å². The topological polar surface area (TPSA) is 0 Å². The molecule has 152 valence electrons. The molecule has 0 aliphatic heterocycles. The van der Waals surface area contributed by atoms with E-state index in [0.717, 1.165) is 0 Å². The molecule has 0 saturated heterocycles. The van der Waals surface area contributed by atoms with Gasteiger partial charge in [0.1, 0.15) is 0 Å². The molecular weight excluding hydrogens is 335 g/mol. The zero-order valence-electron chi connectivity index (χ0n) is 18.0. The van der Waals surface area contributed by atoms with Crippen LogP contribution in [0.5, 0.6) is 0 Å². The molecule has 1 aromatic carbocycles. The van der Waals surface area contributed by atoms with E-state index in [2.05, 4.69) is 38.1 Å². The Balaban J connectivity index is 0.00000676. The van der Waals surface area contributed by atoms with E-state index in [9.17, 15) is 0 Å². The third kappa shape index (κ3) is 16.8. The molecule has 0 unspecified atom stereocenters. The maximum atomic E-state index is 2.38. The summed E-state index contributed by atoms with van der Waals surface area (Å²) in [6.45, 7) is 4.59. The van der Waals surface area contributed by atoms with Crippen molar-refractivity contribution in [3.63, 3.8) is 0 Å². The number of hydrogen-bond acceptors (Lipinski definition) is 0. The summed E-state index contributed by atoms with van der Waals surface area (Å²) in [4.78, 5) is 0. The van der Waals surface area contributed by atoms with E-state index in [-0.39, 0.29) is 29.6 Å². The van der Waals surface area contributed by atoms with E-state index in [4.69, 9.17) is 0 Å². The van der Waals surface area contributed by atoms with Crippen LogP contribution in [0.1, 0.15) is 128 Å². The summed E-state index contributed by atoms with van der Waals surface area (Å²) in [5, 5.41) is 0. The van der Waals surface area contributed by atoms with Crippen LogP contribution in [-0.4, -0.2) is 29.6 Å². The van der Waals surface area contributed by atoms with E-state index in [1.54, 1.807) is 0 Å². The molecule has 0 aliphatic rings. The predicted octanol–water partition coefficient (Wildman–Crippen LogP) is 8.40. The summed E-state index contributed by atoms with van der Waals surface area (Å²) >= 11 is 0. The van der Waals surface area contributed by atoms with Gasteiger partial charge in [0.05, 0.1) is 0 Å². The molecule has 0 aliphatic carbocycles. The average molecular weight is 383 g/mol. The number of aryl methyl sites for hydroxylation is 2. The first kappa shape index (κ1) is 27.2. The fourth-order valence-electron chi connectivity index (χ4n) is 3.80. The quantitative estimate of drug-likeness (QED) is 0.176. The second kappa shape index (κ2) is 20.9. The van der Waals surface area contributed by atoms with Crippen LogP contribution in [-0.2, 0) is 12.8 Å². The zero-order chi connectivity index (χ0) is 18.7. The molecule has 0 N–H and O–H groups in total. The van der Waals surface area contributed by atoms with Gasteiger partial charge in [0.2, 0.25) is 0 Å². The fraction of sp³-hybridized carbons (Fsp3) is 0.769. The van der Waals surface area contributed by atoms with Crippen molar-refractivity contribution in [3.05, 3.63) is 35.4 Å². The molecule has 0 saturated carbocycles. The molecule has 0 fully saturated rings. The van der Waals surface area contributed by atoms with Gasteiger partial charge in [-0.25, -0.2) is 0 Å². The van der Waals surface area contributed by atoms with Crippen molar-refractivity contribution in [3.8, 4) is 0 Å². The van der Waals surface area contributed by atoms with Crippen molar-refractivity contribution in [2.24, 2.45) is 0 Å². The molecule has 0 radical (unpaired) electrons. The average Bonchev–Trinajstić information content (AvgIpc) is 2.67. The number of rotatable bonds is 18.